The van der Waals surface area contributed by atoms with Gasteiger partial charge in [0, 0.05) is 5.38 Å². The molecule has 0 saturated carbocycles. The van der Waals surface area contributed by atoms with Crippen molar-refractivity contribution in [1.29, 1.82) is 0 Å². The van der Waals surface area contributed by atoms with Gasteiger partial charge in [-0.05, 0) is 17.1 Å². The molecular weight excluding hydrogens is 332 g/mol. The van der Waals surface area contributed by atoms with Gasteiger partial charge in [-0.1, -0.05) is 11.3 Å². The third-order valence-electron chi connectivity index (χ3n) is 2.87. The molecule has 0 saturated heterocycles. The van der Waals surface area contributed by atoms with Crippen LogP contribution in [0.4, 0.5) is 20.4 Å². The minimum Gasteiger partial charge on any atom is -0.433 e. The number of aromatic nitrogens is 3. The molecule has 11 heteroatoms. The molecule has 23 heavy (non-hydrogen) atoms. The fourth-order valence-corrected chi connectivity index (χ4v) is 2.64. The van der Waals surface area contributed by atoms with E-state index in [4.69, 9.17) is 0 Å². The molecule has 120 valence electrons. The monoisotopic (exact) mass is 341 g/mol. The van der Waals surface area contributed by atoms with Crippen LogP contribution in [0.15, 0.2) is 29.9 Å². The second-order valence-electron chi connectivity index (χ2n) is 4.31. The molecule has 0 aromatic carbocycles. The van der Waals surface area contributed by atoms with Gasteiger partial charge in [0.1, 0.15) is 11.9 Å². The summed E-state index contributed by atoms with van der Waals surface area (Å²) in [7, 11) is 0. The number of hydrogen-bond donors (Lipinski definition) is 1. The summed E-state index contributed by atoms with van der Waals surface area (Å²) in [5.74, 6) is -0.104. The lowest BCUT2D eigenvalue weighted by Crippen LogP contribution is -2.06. The Morgan fingerprint density at radius 3 is 2.96 bits per heavy atom. The molecule has 0 aliphatic heterocycles. The highest BCUT2D eigenvalue weighted by molar-refractivity contribution is 7.15. The number of pyridine rings is 1. The highest BCUT2D eigenvalue weighted by Gasteiger charge is 2.23. The van der Waals surface area contributed by atoms with Crippen molar-refractivity contribution in [2.24, 2.45) is 0 Å². The van der Waals surface area contributed by atoms with E-state index in [2.05, 4.69) is 20.0 Å². The number of halogens is 2. The average molecular weight is 341 g/mol. The van der Waals surface area contributed by atoms with E-state index in [0.29, 0.717) is 10.7 Å². The highest BCUT2D eigenvalue weighted by atomic mass is 32.1. The van der Waals surface area contributed by atoms with E-state index in [-0.39, 0.29) is 23.9 Å². The lowest BCUT2D eigenvalue weighted by molar-refractivity contribution is -0.389. The summed E-state index contributed by atoms with van der Waals surface area (Å²) >= 11 is 1.27. The van der Waals surface area contributed by atoms with E-state index in [0.717, 1.165) is 6.20 Å². The van der Waals surface area contributed by atoms with E-state index in [1.54, 1.807) is 11.6 Å². The number of thiazole rings is 1. The summed E-state index contributed by atoms with van der Waals surface area (Å²) in [5.41, 5.74) is 0.497. The molecule has 0 atom stereocenters. The number of nitro groups is 1. The number of alkyl halides is 2. The lowest BCUT2D eigenvalue weighted by Gasteiger charge is -2.06. The Balaban J connectivity index is 1.74. The Kier molecular flexibility index (Phi) is 4.02. The van der Waals surface area contributed by atoms with E-state index < -0.39 is 11.5 Å². The summed E-state index contributed by atoms with van der Waals surface area (Å²) in [4.78, 5) is 19.2. The molecule has 0 fully saturated rings. The van der Waals surface area contributed by atoms with Gasteiger partial charge in [-0.25, -0.2) is 0 Å². The molecule has 0 radical (unpaired) electrons. The average Bonchev–Trinajstić information content (AvgIpc) is 3.05. The summed E-state index contributed by atoms with van der Waals surface area (Å²) in [5, 5.41) is 15.7. The van der Waals surface area contributed by atoms with Gasteiger partial charge in [-0.2, -0.15) is 18.2 Å². The second-order valence-corrected chi connectivity index (χ2v) is 5.19. The zero-order valence-corrected chi connectivity index (χ0v) is 12.2. The molecule has 0 aliphatic rings. The molecule has 0 unspecified atom stereocenters. The molecule has 3 aromatic rings. The maximum absolute atomic E-state index is 12.0. The van der Waals surface area contributed by atoms with Crippen LogP contribution in [0.25, 0.3) is 4.96 Å². The van der Waals surface area contributed by atoms with Crippen molar-refractivity contribution < 1.29 is 18.4 Å². The number of ether oxygens (including phenoxy) is 1. The molecular formula is C12H9F2N5O3S. The van der Waals surface area contributed by atoms with Crippen LogP contribution in [0.3, 0.4) is 0 Å². The molecule has 1 N–H and O–H groups in total. The van der Waals surface area contributed by atoms with Gasteiger partial charge in [0.05, 0.1) is 18.4 Å². The van der Waals surface area contributed by atoms with E-state index >= 15 is 0 Å². The smallest absolute Gasteiger partial charge is 0.387 e. The van der Waals surface area contributed by atoms with Gasteiger partial charge in [-0.15, -0.1) is 0 Å². The predicted molar refractivity (Wildman–Crippen MR) is 77.9 cm³/mol. The Hall–Kier alpha value is -2.82. The van der Waals surface area contributed by atoms with Crippen LogP contribution in [0, 0.1) is 10.1 Å². The van der Waals surface area contributed by atoms with Crippen molar-refractivity contribution in [1.82, 2.24) is 14.4 Å². The van der Waals surface area contributed by atoms with Gasteiger partial charge in [0.15, 0.2) is 0 Å². The Bertz CT molecular complexity index is 833. The first-order valence-corrected chi connectivity index (χ1v) is 7.16. The fraction of sp³-hybridized carbons (Fsp3) is 0.167. The zero-order valence-electron chi connectivity index (χ0n) is 11.3. The van der Waals surface area contributed by atoms with Crippen LogP contribution in [-0.4, -0.2) is 25.9 Å². The first-order chi connectivity index (χ1) is 11.0. The van der Waals surface area contributed by atoms with Crippen molar-refractivity contribution in [2.75, 3.05) is 5.32 Å². The summed E-state index contributed by atoms with van der Waals surface area (Å²) < 4.78 is 29.7. The summed E-state index contributed by atoms with van der Waals surface area (Å²) in [6, 6.07) is 2.82. The Labute approximate surface area is 131 Å². The normalized spacial score (nSPS) is 11.1. The van der Waals surface area contributed by atoms with Crippen LogP contribution in [-0.2, 0) is 6.54 Å². The number of anilines is 1. The Morgan fingerprint density at radius 1 is 1.48 bits per heavy atom. The number of hydrogen-bond acceptors (Lipinski definition) is 7. The lowest BCUT2D eigenvalue weighted by atomic mass is 10.3. The van der Waals surface area contributed by atoms with Gasteiger partial charge in [0.25, 0.3) is 4.96 Å². The van der Waals surface area contributed by atoms with Crippen LogP contribution in [0.2, 0.25) is 0 Å². The quantitative estimate of drug-likeness (QED) is 0.547. The predicted octanol–water partition coefficient (Wildman–Crippen LogP) is 2.91. The SMILES string of the molecule is O=[N+]([O-])c1c(NCc2ccc(OC(F)F)cn2)nc2sccn12. The molecule has 0 spiro atoms. The molecule has 3 aromatic heterocycles. The maximum Gasteiger partial charge on any atom is 0.387 e. The van der Waals surface area contributed by atoms with Crippen molar-refractivity contribution >= 4 is 27.9 Å². The number of nitrogens with one attached hydrogen (secondary N) is 1. The third-order valence-corrected chi connectivity index (χ3v) is 3.63. The largest absolute Gasteiger partial charge is 0.433 e. The van der Waals surface area contributed by atoms with Crippen molar-refractivity contribution in [2.45, 2.75) is 13.2 Å². The zero-order chi connectivity index (χ0) is 16.4. The molecule has 8 nitrogen and oxygen atoms in total. The minimum absolute atomic E-state index is 0.0581. The van der Waals surface area contributed by atoms with E-state index in [1.165, 1.54) is 27.9 Å². The van der Waals surface area contributed by atoms with Gasteiger partial charge >= 0.3 is 12.4 Å². The van der Waals surface area contributed by atoms with Crippen LogP contribution < -0.4 is 10.1 Å². The fourth-order valence-electron chi connectivity index (χ4n) is 1.93. The number of imidazole rings is 1. The molecule has 0 bridgehead atoms. The molecule has 0 aliphatic carbocycles. The number of fused-ring (bicyclic) bond motifs is 1. The van der Waals surface area contributed by atoms with E-state index in [1.807, 2.05) is 0 Å². The molecule has 0 amide bonds. The van der Waals surface area contributed by atoms with Gasteiger partial charge in [-0.3, -0.25) is 4.98 Å². The van der Waals surface area contributed by atoms with Crippen LogP contribution in [0.1, 0.15) is 5.69 Å². The van der Waals surface area contributed by atoms with Crippen molar-refractivity contribution in [3.8, 4) is 5.75 Å². The van der Waals surface area contributed by atoms with Gasteiger partial charge < -0.3 is 20.2 Å². The second kappa shape index (κ2) is 6.12. The first-order valence-electron chi connectivity index (χ1n) is 6.28. The highest BCUT2D eigenvalue weighted by Crippen LogP contribution is 2.28. The first kappa shape index (κ1) is 15.1. The van der Waals surface area contributed by atoms with E-state index in [9.17, 15) is 18.9 Å². The van der Waals surface area contributed by atoms with Gasteiger partial charge in [0.2, 0.25) is 5.82 Å². The Morgan fingerprint density at radius 2 is 2.30 bits per heavy atom. The summed E-state index contributed by atoms with van der Waals surface area (Å²) in [6.45, 7) is -2.76. The van der Waals surface area contributed by atoms with Crippen molar-refractivity contribution in [3.63, 3.8) is 0 Å². The number of rotatable bonds is 6. The van der Waals surface area contributed by atoms with Crippen molar-refractivity contribution in [3.05, 3.63) is 45.7 Å². The standard InChI is InChI=1S/C12H9F2N5O3S/c13-11(14)22-8-2-1-7(15-6-8)5-16-9-10(19(20)21)18-3-4-23-12(18)17-9/h1-4,6,11,16H,5H2. The minimum atomic E-state index is -2.91. The van der Waals surface area contributed by atoms with Crippen LogP contribution in [0.5, 0.6) is 5.75 Å². The number of nitrogens with zero attached hydrogens (tertiary/aromatic N) is 4. The van der Waals surface area contributed by atoms with Crippen LogP contribution >= 0.6 is 11.3 Å². The summed E-state index contributed by atoms with van der Waals surface area (Å²) in [6.07, 6.45) is 2.72. The molecule has 3 rings (SSSR count). The maximum atomic E-state index is 12.0. The topological polar surface area (TPSA) is 94.6 Å². The third kappa shape index (κ3) is 3.18. The molecule has 3 heterocycles.